The molecule has 1 spiro atoms. The number of piperidine rings is 1. The largest absolute Gasteiger partial charge is 0.475 e. The van der Waals surface area contributed by atoms with Crippen molar-refractivity contribution in [2.75, 3.05) is 62.8 Å². The molecule has 4 aromatic rings. The van der Waals surface area contributed by atoms with Crippen molar-refractivity contribution in [1.29, 1.82) is 0 Å². The maximum atomic E-state index is 13.9. The van der Waals surface area contributed by atoms with Gasteiger partial charge in [0.1, 0.15) is 6.61 Å². The summed E-state index contributed by atoms with van der Waals surface area (Å²) < 4.78 is 15.5. The first-order valence-corrected chi connectivity index (χ1v) is 14.7. The Morgan fingerprint density at radius 1 is 1.07 bits per heavy atom. The topological polar surface area (TPSA) is 123 Å². The van der Waals surface area contributed by atoms with Gasteiger partial charge in [-0.05, 0) is 49.4 Å². The maximum absolute atomic E-state index is 13.9. The molecule has 3 aromatic heterocycles. The van der Waals surface area contributed by atoms with Crippen molar-refractivity contribution >= 4 is 28.6 Å². The second-order valence-electron chi connectivity index (χ2n) is 12.1. The van der Waals surface area contributed by atoms with Crippen LogP contribution in [0.1, 0.15) is 29.6 Å². The third kappa shape index (κ3) is 4.11. The molecule has 3 atom stereocenters. The van der Waals surface area contributed by atoms with E-state index in [0.717, 1.165) is 68.7 Å². The van der Waals surface area contributed by atoms with Gasteiger partial charge in [-0.15, -0.1) is 5.10 Å². The number of hydrogen-bond donors (Lipinski definition) is 2. The van der Waals surface area contributed by atoms with Crippen molar-refractivity contribution < 1.29 is 14.3 Å². The van der Waals surface area contributed by atoms with Crippen molar-refractivity contribution in [2.45, 2.75) is 24.8 Å². The lowest BCUT2D eigenvalue weighted by Gasteiger charge is -2.42. The van der Waals surface area contributed by atoms with Crippen LogP contribution in [0.25, 0.3) is 22.2 Å². The number of aromatic nitrogens is 5. The van der Waals surface area contributed by atoms with E-state index in [1.54, 1.807) is 25.5 Å². The third-order valence-corrected chi connectivity index (χ3v) is 9.42. The lowest BCUT2D eigenvalue weighted by molar-refractivity contribution is 0.0909. The summed E-state index contributed by atoms with van der Waals surface area (Å²) in [5, 5.41) is 10.3. The number of ether oxygens (including phenoxy) is 2. The Labute approximate surface area is 242 Å². The first kappa shape index (κ1) is 25.5. The Balaban J connectivity index is 1.29. The summed E-state index contributed by atoms with van der Waals surface area (Å²) in [5.41, 5.74) is 3.82. The number of fused-ring (bicyclic) bond motifs is 9. The van der Waals surface area contributed by atoms with E-state index in [2.05, 4.69) is 48.1 Å². The lowest BCUT2D eigenvalue weighted by atomic mass is 9.90. The number of anilines is 2. The number of amides is 1. The SMILES string of the molecule is Cn1cc2cc(c1=O)-c1c[nH]nc1OCCN1CC3CCC(C3)(C1)n1c(nc3ccc(N4CCOCC4)cc31)NC2=O. The summed E-state index contributed by atoms with van der Waals surface area (Å²) in [6.07, 6.45) is 6.39. The van der Waals surface area contributed by atoms with Crippen LogP contribution in [0.5, 0.6) is 5.88 Å². The molecule has 2 N–H and O–H groups in total. The molecule has 3 aliphatic heterocycles. The molecule has 2 saturated heterocycles. The molecule has 1 aliphatic carbocycles. The quantitative estimate of drug-likeness (QED) is 0.358. The predicted molar refractivity (Wildman–Crippen MR) is 157 cm³/mol. The Hall–Kier alpha value is -4.16. The summed E-state index contributed by atoms with van der Waals surface area (Å²) in [4.78, 5) is 36.9. The van der Waals surface area contributed by atoms with E-state index in [0.29, 0.717) is 54.3 Å². The molecule has 0 radical (unpaired) electrons. The average molecular weight is 571 g/mol. The number of pyridine rings is 1. The molecule has 3 unspecified atom stereocenters. The van der Waals surface area contributed by atoms with Crippen molar-refractivity contribution in [3.05, 3.63) is 52.6 Å². The number of aromatic amines is 1. The maximum Gasteiger partial charge on any atom is 0.259 e. The van der Waals surface area contributed by atoms with Gasteiger partial charge in [-0.3, -0.25) is 24.9 Å². The van der Waals surface area contributed by atoms with Crippen LogP contribution >= 0.6 is 0 Å². The van der Waals surface area contributed by atoms with Crippen LogP contribution in [0.2, 0.25) is 0 Å². The summed E-state index contributed by atoms with van der Waals surface area (Å²) in [6.45, 7) is 6.13. The first-order valence-electron chi connectivity index (χ1n) is 14.7. The average Bonchev–Trinajstić information content (AvgIpc) is 3.69. The molecule has 1 aromatic carbocycles. The number of aryl methyl sites for hydroxylation is 1. The number of hydrogen-bond acceptors (Lipinski definition) is 8. The van der Waals surface area contributed by atoms with Crippen LogP contribution in [0.15, 0.2) is 41.5 Å². The van der Waals surface area contributed by atoms with Gasteiger partial charge in [0.25, 0.3) is 11.5 Å². The number of rotatable bonds is 1. The summed E-state index contributed by atoms with van der Waals surface area (Å²) in [5.74, 6) is 1.14. The van der Waals surface area contributed by atoms with Gasteiger partial charge < -0.3 is 23.5 Å². The smallest absolute Gasteiger partial charge is 0.259 e. The van der Waals surface area contributed by atoms with Crippen molar-refractivity contribution in [1.82, 2.24) is 29.2 Å². The Morgan fingerprint density at radius 3 is 2.83 bits per heavy atom. The van der Waals surface area contributed by atoms with Crippen LogP contribution in [-0.4, -0.2) is 87.7 Å². The van der Waals surface area contributed by atoms with Gasteiger partial charge in [0, 0.05) is 57.9 Å². The Bertz CT molecular complexity index is 1750. The van der Waals surface area contributed by atoms with Gasteiger partial charge in [0.2, 0.25) is 11.8 Å². The van der Waals surface area contributed by atoms with E-state index in [1.165, 1.54) is 4.57 Å². The number of nitrogens with zero attached hydrogens (tertiary/aromatic N) is 6. The van der Waals surface area contributed by atoms with E-state index in [9.17, 15) is 9.59 Å². The first-order chi connectivity index (χ1) is 20.5. The summed E-state index contributed by atoms with van der Waals surface area (Å²) in [7, 11) is 1.65. The highest BCUT2D eigenvalue weighted by molar-refractivity contribution is 6.04. The number of carbonyl (C=O) groups excluding carboxylic acids is 1. The van der Waals surface area contributed by atoms with Gasteiger partial charge in [-0.1, -0.05) is 0 Å². The molecular formula is C30H34N8O4. The zero-order valence-corrected chi connectivity index (χ0v) is 23.6. The number of benzene rings is 1. The normalized spacial score (nSPS) is 25.6. The number of morpholine rings is 1. The lowest BCUT2D eigenvalue weighted by Crippen LogP contribution is -2.50. The Kier molecular flexibility index (Phi) is 5.90. The standard InChI is InChI=1S/C30H34N8O4/c1-35-17-20-12-22(28(35)40)23-15-31-34-27(23)42-11-6-36-16-19-4-5-30(14-19,18-36)38-25-13-21(37-7-9-41-10-8-37)2-3-24(25)32-29(38)33-26(20)39/h2-3,12-13,15,17,19H,4-11,14,16,18H2,1H3,(H,31,34)(H,32,33,39). The van der Waals surface area contributed by atoms with Crippen LogP contribution < -0.4 is 20.5 Å². The molecular weight excluding hydrogens is 536 g/mol. The van der Waals surface area contributed by atoms with Gasteiger partial charge in [-0.25, -0.2) is 4.98 Å². The molecule has 218 valence electrons. The molecule has 42 heavy (non-hydrogen) atoms. The molecule has 8 rings (SSSR count). The van der Waals surface area contributed by atoms with E-state index in [1.807, 2.05) is 0 Å². The molecule has 6 heterocycles. The van der Waals surface area contributed by atoms with Crippen LogP contribution in [0, 0.1) is 5.92 Å². The van der Waals surface area contributed by atoms with E-state index < -0.39 is 0 Å². The van der Waals surface area contributed by atoms with Crippen LogP contribution in [0.4, 0.5) is 11.6 Å². The fourth-order valence-electron chi connectivity index (χ4n) is 7.50. The van der Waals surface area contributed by atoms with E-state index in [4.69, 9.17) is 14.5 Å². The molecule has 4 aliphatic rings. The molecule has 5 bridgehead atoms. The molecule has 12 heteroatoms. The zero-order valence-electron chi connectivity index (χ0n) is 23.6. The minimum absolute atomic E-state index is 0.212. The molecule has 3 fully saturated rings. The van der Waals surface area contributed by atoms with E-state index >= 15 is 0 Å². The van der Waals surface area contributed by atoms with E-state index in [-0.39, 0.29) is 17.0 Å². The predicted octanol–water partition coefficient (Wildman–Crippen LogP) is 2.42. The van der Waals surface area contributed by atoms with Gasteiger partial charge in [-0.2, -0.15) is 0 Å². The fraction of sp³-hybridized carbons (Fsp3) is 0.467. The molecule has 12 nitrogen and oxygen atoms in total. The summed E-state index contributed by atoms with van der Waals surface area (Å²) in [6, 6.07) is 8.02. The van der Waals surface area contributed by atoms with Crippen molar-refractivity contribution in [2.24, 2.45) is 13.0 Å². The number of nitrogens with one attached hydrogen (secondary N) is 2. The van der Waals surface area contributed by atoms with Crippen LogP contribution in [0.3, 0.4) is 0 Å². The highest BCUT2D eigenvalue weighted by atomic mass is 16.5. The fourth-order valence-corrected chi connectivity index (χ4v) is 7.50. The second-order valence-corrected chi connectivity index (χ2v) is 12.1. The number of carbonyl (C=O) groups is 1. The number of H-pyrrole nitrogens is 1. The third-order valence-electron chi connectivity index (χ3n) is 9.42. The minimum Gasteiger partial charge on any atom is -0.475 e. The van der Waals surface area contributed by atoms with Gasteiger partial charge in [0.15, 0.2) is 0 Å². The molecule has 1 saturated carbocycles. The highest BCUT2D eigenvalue weighted by Crippen LogP contribution is 2.48. The monoisotopic (exact) mass is 570 g/mol. The zero-order chi connectivity index (χ0) is 28.4. The summed E-state index contributed by atoms with van der Waals surface area (Å²) >= 11 is 0. The van der Waals surface area contributed by atoms with Crippen LogP contribution in [-0.2, 0) is 17.3 Å². The second kappa shape index (κ2) is 9.70. The van der Waals surface area contributed by atoms with Gasteiger partial charge >= 0.3 is 0 Å². The van der Waals surface area contributed by atoms with Gasteiger partial charge in [0.05, 0.1) is 46.5 Å². The number of imidazole rings is 1. The van der Waals surface area contributed by atoms with Crippen molar-refractivity contribution in [3.8, 4) is 17.0 Å². The van der Waals surface area contributed by atoms with Crippen molar-refractivity contribution in [3.63, 3.8) is 0 Å². The molecule has 1 amide bonds. The highest BCUT2D eigenvalue weighted by Gasteiger charge is 2.48. The Morgan fingerprint density at radius 2 is 1.95 bits per heavy atom. The minimum atomic E-state index is -0.323.